The van der Waals surface area contributed by atoms with Crippen LogP contribution in [0.15, 0.2) is 30.3 Å². The van der Waals surface area contributed by atoms with Crippen molar-refractivity contribution in [2.24, 2.45) is 0 Å². The van der Waals surface area contributed by atoms with Gasteiger partial charge < -0.3 is 5.11 Å². The maximum atomic E-state index is 10.2. The summed E-state index contributed by atoms with van der Waals surface area (Å²) in [6, 6.07) is 8.30. The topological polar surface area (TPSA) is 37.3 Å². The van der Waals surface area contributed by atoms with Gasteiger partial charge in [0.25, 0.3) is 0 Å². The van der Waals surface area contributed by atoms with Crippen LogP contribution in [0.3, 0.4) is 0 Å². The molecule has 3 heteroatoms. The largest absolute Gasteiger partial charge is 0.478 e. The molecule has 1 aromatic rings. The van der Waals surface area contributed by atoms with Crippen molar-refractivity contribution in [3.05, 3.63) is 35.9 Å². The van der Waals surface area contributed by atoms with Gasteiger partial charge in [-0.2, -0.15) is 0 Å². The van der Waals surface area contributed by atoms with E-state index in [0.29, 0.717) is 5.56 Å². The van der Waals surface area contributed by atoms with Crippen LogP contribution < -0.4 is 0 Å². The van der Waals surface area contributed by atoms with E-state index in [-0.39, 0.29) is 19.5 Å². The van der Waals surface area contributed by atoms with Gasteiger partial charge in [0.2, 0.25) is 0 Å². The molecule has 0 saturated heterocycles. The van der Waals surface area contributed by atoms with E-state index in [4.69, 9.17) is 5.11 Å². The summed E-state index contributed by atoms with van der Waals surface area (Å²) in [5.74, 6) is -0.879. The molecule has 0 atom stereocenters. The first kappa shape index (κ1) is 9.31. The van der Waals surface area contributed by atoms with Gasteiger partial charge in [0, 0.05) is 19.5 Å². The van der Waals surface area contributed by atoms with Gasteiger partial charge in [-0.05, 0) is 12.1 Å². The number of carboxylic acids is 1. The van der Waals surface area contributed by atoms with E-state index in [9.17, 15) is 4.79 Å². The fourth-order valence-corrected chi connectivity index (χ4v) is 0.581. The molecule has 0 fully saturated rings. The number of aromatic carboxylic acids is 1. The zero-order chi connectivity index (χ0) is 6.69. The second-order valence-electron chi connectivity index (χ2n) is 1.67. The first-order valence-corrected chi connectivity index (χ1v) is 2.59. The number of carbonyl (C=O) groups is 1. The molecule has 0 aliphatic rings. The maximum absolute atomic E-state index is 10.2. The van der Waals surface area contributed by atoms with E-state index in [1.165, 1.54) is 0 Å². The van der Waals surface area contributed by atoms with Crippen LogP contribution in [0.25, 0.3) is 0 Å². The summed E-state index contributed by atoms with van der Waals surface area (Å²) in [7, 11) is 0. The second kappa shape index (κ2) is 4.18. The zero-order valence-electron chi connectivity index (χ0n) is 5.08. The molecule has 0 aliphatic carbocycles. The summed E-state index contributed by atoms with van der Waals surface area (Å²) < 4.78 is 0. The Labute approximate surface area is 71.6 Å². The van der Waals surface area contributed by atoms with Crippen molar-refractivity contribution in [1.29, 1.82) is 0 Å². The minimum atomic E-state index is -0.879. The van der Waals surface area contributed by atoms with Crippen molar-refractivity contribution in [3.8, 4) is 0 Å². The van der Waals surface area contributed by atoms with Crippen molar-refractivity contribution in [1.82, 2.24) is 0 Å². The summed E-state index contributed by atoms with van der Waals surface area (Å²) in [4.78, 5) is 10.2. The predicted molar refractivity (Wildman–Crippen MR) is 33.4 cm³/mol. The number of benzene rings is 1. The molecule has 55 valence electrons. The van der Waals surface area contributed by atoms with Crippen molar-refractivity contribution in [3.63, 3.8) is 0 Å². The van der Waals surface area contributed by atoms with Crippen molar-refractivity contribution in [2.75, 3.05) is 0 Å². The van der Waals surface area contributed by atoms with Gasteiger partial charge in [0.05, 0.1) is 5.56 Å². The molecule has 1 N–H and O–H groups in total. The van der Waals surface area contributed by atoms with Crippen LogP contribution in [0.2, 0.25) is 0 Å². The van der Waals surface area contributed by atoms with Gasteiger partial charge in [-0.15, -0.1) is 0 Å². The molecule has 0 unspecified atom stereocenters. The van der Waals surface area contributed by atoms with Gasteiger partial charge in [-0.3, -0.25) is 0 Å². The van der Waals surface area contributed by atoms with Crippen LogP contribution in [-0.2, 0) is 19.5 Å². The molecule has 0 amide bonds. The Morgan fingerprint density at radius 3 is 2.00 bits per heavy atom. The Bertz CT molecular complexity index is 208. The van der Waals surface area contributed by atoms with Crippen molar-refractivity contribution in [2.45, 2.75) is 0 Å². The molecule has 1 aromatic carbocycles. The average Bonchev–Trinajstić information content (AvgIpc) is 1.90. The quantitative estimate of drug-likeness (QED) is 0.733. The van der Waals surface area contributed by atoms with Crippen LogP contribution >= 0.6 is 0 Å². The number of carboxylic acid groups (broad SMARTS) is 1. The summed E-state index contributed by atoms with van der Waals surface area (Å²) in [6.45, 7) is 0. The van der Waals surface area contributed by atoms with E-state index < -0.39 is 5.97 Å². The average molecular weight is 225 g/mol. The molecule has 0 heterocycles. The van der Waals surface area contributed by atoms with E-state index in [0.717, 1.165) is 0 Å². The minimum Gasteiger partial charge on any atom is -0.478 e. The van der Waals surface area contributed by atoms with Gasteiger partial charge in [-0.1, -0.05) is 18.2 Å². The summed E-state index contributed by atoms with van der Waals surface area (Å²) in [5, 5.41) is 8.38. The van der Waals surface area contributed by atoms with Crippen LogP contribution in [0.4, 0.5) is 0 Å². The predicted octanol–water partition coefficient (Wildman–Crippen LogP) is 1.38. The maximum Gasteiger partial charge on any atom is 0.335 e. The molecular formula is C7H6O2Rh. The smallest absolute Gasteiger partial charge is 0.335 e. The molecule has 1 radical (unpaired) electrons. The van der Waals surface area contributed by atoms with Crippen molar-refractivity contribution >= 4 is 5.97 Å². The van der Waals surface area contributed by atoms with Gasteiger partial charge in [-0.25, -0.2) is 4.79 Å². The van der Waals surface area contributed by atoms with Crippen LogP contribution in [0.1, 0.15) is 10.4 Å². The molecule has 0 aromatic heterocycles. The van der Waals surface area contributed by atoms with Crippen LogP contribution in [0, 0.1) is 0 Å². The SMILES string of the molecule is O=C(O)c1ccccc1.[Rh]. The first-order valence-electron chi connectivity index (χ1n) is 2.59. The van der Waals surface area contributed by atoms with Crippen LogP contribution in [-0.4, -0.2) is 11.1 Å². The van der Waals surface area contributed by atoms with Crippen molar-refractivity contribution < 1.29 is 29.4 Å². The Balaban J connectivity index is 0.000000810. The van der Waals surface area contributed by atoms with E-state index in [1.807, 2.05) is 0 Å². The number of rotatable bonds is 1. The molecule has 10 heavy (non-hydrogen) atoms. The standard InChI is InChI=1S/C7H6O2.Rh/c8-7(9)6-4-2-1-3-5-6;/h1-5H,(H,8,9);. The first-order chi connectivity index (χ1) is 4.30. The van der Waals surface area contributed by atoms with Gasteiger partial charge in [0.1, 0.15) is 0 Å². The molecule has 0 bridgehead atoms. The Morgan fingerprint density at radius 1 is 1.20 bits per heavy atom. The van der Waals surface area contributed by atoms with E-state index >= 15 is 0 Å². The fraction of sp³-hybridized carbons (Fsp3) is 0. The number of hydrogen-bond donors (Lipinski definition) is 1. The molecule has 0 saturated carbocycles. The summed E-state index contributed by atoms with van der Waals surface area (Å²) in [6.07, 6.45) is 0. The Hall–Kier alpha value is -0.687. The monoisotopic (exact) mass is 225 g/mol. The number of hydrogen-bond acceptors (Lipinski definition) is 1. The molecular weight excluding hydrogens is 219 g/mol. The molecule has 0 spiro atoms. The third-order valence-electron chi connectivity index (χ3n) is 1.02. The molecule has 0 aliphatic heterocycles. The third kappa shape index (κ3) is 2.28. The molecule has 2 nitrogen and oxygen atoms in total. The van der Waals surface area contributed by atoms with Gasteiger partial charge in [0.15, 0.2) is 0 Å². The Kier molecular flexibility index (Phi) is 3.89. The van der Waals surface area contributed by atoms with Crippen LogP contribution in [0.5, 0.6) is 0 Å². The zero-order valence-corrected chi connectivity index (χ0v) is 6.71. The normalized spacial score (nSPS) is 8.00. The van der Waals surface area contributed by atoms with E-state index in [2.05, 4.69) is 0 Å². The fourth-order valence-electron chi connectivity index (χ4n) is 0.581. The molecule has 1 rings (SSSR count). The minimum absolute atomic E-state index is 0. The third-order valence-corrected chi connectivity index (χ3v) is 1.02. The summed E-state index contributed by atoms with van der Waals surface area (Å²) >= 11 is 0. The van der Waals surface area contributed by atoms with E-state index in [1.54, 1.807) is 30.3 Å². The summed E-state index contributed by atoms with van der Waals surface area (Å²) in [5.41, 5.74) is 0.331. The Morgan fingerprint density at radius 2 is 1.70 bits per heavy atom. The van der Waals surface area contributed by atoms with Gasteiger partial charge >= 0.3 is 5.97 Å². The second-order valence-corrected chi connectivity index (χ2v) is 1.67.